The van der Waals surface area contributed by atoms with Crippen molar-refractivity contribution in [3.63, 3.8) is 0 Å². The molecule has 3 heteroatoms. The van der Waals surface area contributed by atoms with Crippen molar-refractivity contribution < 1.29 is 0 Å². The van der Waals surface area contributed by atoms with Crippen molar-refractivity contribution in [1.29, 1.82) is 0 Å². The van der Waals surface area contributed by atoms with Crippen molar-refractivity contribution >= 4 is 37.9 Å². The van der Waals surface area contributed by atoms with Crippen molar-refractivity contribution in [2.75, 3.05) is 5.21 Å². The monoisotopic (exact) mass is 130 g/mol. The highest BCUT2D eigenvalue weighted by atomic mass is 35.7. The summed E-state index contributed by atoms with van der Waals surface area (Å²) < 4.78 is 0. The summed E-state index contributed by atoms with van der Waals surface area (Å²) >= 11 is 5.15. The van der Waals surface area contributed by atoms with Gasteiger partial charge in [-0.25, -0.2) is 0 Å². The standard InChI is InChI=1S/C2H4Cl2S/c1-5(4)2-3/h1-2H2. The summed E-state index contributed by atoms with van der Waals surface area (Å²) in [5.74, 6) is 3.42. The smallest absolute Gasteiger partial charge is 0.0764 e. The van der Waals surface area contributed by atoms with Gasteiger partial charge in [0, 0.05) is 0 Å². The molecule has 0 spiro atoms. The van der Waals surface area contributed by atoms with Gasteiger partial charge in [0.05, 0.1) is 5.21 Å². The van der Waals surface area contributed by atoms with E-state index in [1.165, 1.54) is 0 Å². The van der Waals surface area contributed by atoms with Gasteiger partial charge in [0.15, 0.2) is 0 Å². The van der Waals surface area contributed by atoms with Crippen LogP contribution in [0.1, 0.15) is 0 Å². The van der Waals surface area contributed by atoms with Crippen LogP contribution in [0, 0.1) is 0 Å². The molecule has 0 amide bonds. The van der Waals surface area contributed by atoms with E-state index >= 15 is 0 Å². The fraction of sp³-hybridized carbons (Fsp3) is 0.500. The van der Waals surface area contributed by atoms with E-state index in [4.69, 9.17) is 22.3 Å². The quantitative estimate of drug-likeness (QED) is 0.377. The molecule has 0 radical (unpaired) electrons. The highest BCUT2D eigenvalue weighted by molar-refractivity contribution is 8.34. The van der Waals surface area contributed by atoms with Crippen molar-refractivity contribution in [2.45, 2.75) is 0 Å². The highest BCUT2D eigenvalue weighted by Crippen LogP contribution is 2.15. The van der Waals surface area contributed by atoms with Gasteiger partial charge in [-0.3, -0.25) is 0 Å². The fourth-order valence-electron chi connectivity index (χ4n) is 0. The van der Waals surface area contributed by atoms with Crippen LogP contribution < -0.4 is 0 Å². The Bertz CT molecular complexity index is 42.9. The third kappa shape index (κ3) is 4.80. The Morgan fingerprint density at radius 3 is 2.00 bits per heavy atom. The van der Waals surface area contributed by atoms with Gasteiger partial charge in [-0.05, 0) is 0 Å². The third-order valence-corrected chi connectivity index (χ3v) is 1.81. The second-order valence-electron chi connectivity index (χ2n) is 0.531. The van der Waals surface area contributed by atoms with Gasteiger partial charge in [0.1, 0.15) is 0 Å². The van der Waals surface area contributed by atoms with E-state index < -0.39 is 0 Å². The molecule has 0 bridgehead atoms. The van der Waals surface area contributed by atoms with Crippen LogP contribution in [0.4, 0.5) is 0 Å². The molecule has 0 rings (SSSR count). The Morgan fingerprint density at radius 2 is 2.00 bits per heavy atom. The molecule has 0 aliphatic carbocycles. The molecular formula is C2H4Cl2S. The molecule has 0 aromatic carbocycles. The van der Waals surface area contributed by atoms with E-state index in [0.717, 1.165) is 0 Å². The van der Waals surface area contributed by atoms with Gasteiger partial charge in [-0.15, -0.1) is 11.6 Å². The van der Waals surface area contributed by atoms with Crippen LogP contribution in [0.5, 0.6) is 0 Å². The normalized spacial score (nSPS) is 14.8. The Hall–Kier alpha value is 0.800. The van der Waals surface area contributed by atoms with E-state index in [1.807, 2.05) is 0 Å². The first-order valence-corrected chi connectivity index (χ1v) is 3.92. The average molecular weight is 131 g/mol. The number of hydrogen-bond acceptors (Lipinski definition) is 0. The van der Waals surface area contributed by atoms with E-state index in [0.29, 0.717) is 5.21 Å². The summed E-state index contributed by atoms with van der Waals surface area (Å²) in [6.45, 7) is 0. The lowest BCUT2D eigenvalue weighted by atomic mass is 11.9. The topological polar surface area (TPSA) is 0 Å². The molecule has 0 saturated carbocycles. The number of rotatable bonds is 1. The molecule has 0 aliphatic rings. The second-order valence-corrected chi connectivity index (χ2v) is 3.56. The Labute approximate surface area is 43.5 Å². The number of hydrogen-bond donors (Lipinski definition) is 0. The lowest BCUT2D eigenvalue weighted by molar-refractivity contribution is 2.27. The molecule has 1 unspecified atom stereocenters. The first-order valence-electron chi connectivity index (χ1n) is 0.999. The van der Waals surface area contributed by atoms with Gasteiger partial charge >= 0.3 is 0 Å². The zero-order valence-electron chi connectivity index (χ0n) is 2.58. The molecular weight excluding hydrogens is 127 g/mol. The highest BCUT2D eigenvalue weighted by Gasteiger charge is 1.70. The number of alkyl halides is 1. The van der Waals surface area contributed by atoms with Gasteiger partial charge in [0.25, 0.3) is 0 Å². The first-order chi connectivity index (χ1) is 2.27. The van der Waals surface area contributed by atoms with Crippen molar-refractivity contribution in [2.24, 2.45) is 0 Å². The lowest BCUT2D eigenvalue weighted by Crippen LogP contribution is -1.47. The summed E-state index contributed by atoms with van der Waals surface area (Å²) in [5.41, 5.74) is 0. The summed E-state index contributed by atoms with van der Waals surface area (Å²) in [4.78, 5) is 0. The molecule has 0 N–H and O–H groups in total. The Balaban J connectivity index is 2.85. The summed E-state index contributed by atoms with van der Waals surface area (Å²) in [7, 11) is 4.91. The maximum absolute atomic E-state index is 5.25. The van der Waals surface area contributed by atoms with E-state index in [2.05, 4.69) is 5.87 Å². The Kier molecular flexibility index (Phi) is 3.49. The van der Waals surface area contributed by atoms with Crippen molar-refractivity contribution in [3.8, 4) is 0 Å². The molecule has 0 nitrogen and oxygen atoms in total. The lowest BCUT2D eigenvalue weighted by Gasteiger charge is -1.77. The van der Waals surface area contributed by atoms with Crippen LogP contribution >= 0.6 is 32.0 Å². The molecule has 0 aromatic heterocycles. The average Bonchev–Trinajstić information content (AvgIpc) is 1.38. The van der Waals surface area contributed by atoms with Gasteiger partial charge in [0.2, 0.25) is 0 Å². The zero-order valence-corrected chi connectivity index (χ0v) is 4.91. The van der Waals surface area contributed by atoms with E-state index in [-0.39, 0.29) is 9.70 Å². The van der Waals surface area contributed by atoms with Crippen molar-refractivity contribution in [3.05, 3.63) is 0 Å². The van der Waals surface area contributed by atoms with Gasteiger partial charge in [-0.1, -0.05) is 26.3 Å². The van der Waals surface area contributed by atoms with Crippen molar-refractivity contribution in [1.82, 2.24) is 0 Å². The maximum Gasteiger partial charge on any atom is 0.0764 e. The molecule has 5 heavy (non-hydrogen) atoms. The predicted octanol–water partition coefficient (Wildman–Crippen LogP) is 2.04. The molecule has 0 saturated heterocycles. The SMILES string of the molecule is C=S(Cl)CCl. The van der Waals surface area contributed by atoms with Crippen LogP contribution in [-0.2, 0) is 0 Å². The minimum atomic E-state index is -0.335. The summed E-state index contributed by atoms with van der Waals surface area (Å²) in [6.07, 6.45) is 0. The van der Waals surface area contributed by atoms with E-state index in [9.17, 15) is 0 Å². The molecule has 0 aliphatic heterocycles. The van der Waals surface area contributed by atoms with E-state index in [1.54, 1.807) is 0 Å². The second kappa shape index (κ2) is 3.01. The molecule has 0 fully saturated rings. The number of halogens is 2. The third-order valence-electron chi connectivity index (χ3n) is 0.118. The Morgan fingerprint density at radius 1 is 1.80 bits per heavy atom. The minimum Gasteiger partial charge on any atom is -0.114 e. The van der Waals surface area contributed by atoms with Gasteiger partial charge in [-0.2, -0.15) is 0 Å². The van der Waals surface area contributed by atoms with Crippen LogP contribution in [0.25, 0.3) is 0 Å². The first kappa shape index (κ1) is 5.80. The minimum absolute atomic E-state index is 0.335. The molecule has 0 heterocycles. The molecule has 0 aromatic rings. The van der Waals surface area contributed by atoms with Crippen LogP contribution in [0.3, 0.4) is 0 Å². The predicted molar refractivity (Wildman–Crippen MR) is 31.3 cm³/mol. The fourth-order valence-corrected chi connectivity index (χ4v) is 0. The zero-order chi connectivity index (χ0) is 4.28. The van der Waals surface area contributed by atoms with Crippen LogP contribution in [0.2, 0.25) is 0 Å². The van der Waals surface area contributed by atoms with Crippen LogP contribution in [-0.4, -0.2) is 11.1 Å². The molecule has 1 atom stereocenters. The van der Waals surface area contributed by atoms with Gasteiger partial charge < -0.3 is 0 Å². The summed E-state index contributed by atoms with van der Waals surface area (Å²) in [6, 6.07) is 0. The molecule has 32 valence electrons. The summed E-state index contributed by atoms with van der Waals surface area (Å²) in [5, 5.41) is 0.460. The maximum atomic E-state index is 5.25. The largest absolute Gasteiger partial charge is 0.114 e. The van der Waals surface area contributed by atoms with Crippen LogP contribution in [0.15, 0.2) is 0 Å².